The van der Waals surface area contributed by atoms with E-state index in [0.717, 1.165) is 10.8 Å². The molecule has 1 amide bonds. The van der Waals surface area contributed by atoms with Gasteiger partial charge in [0.05, 0.1) is 22.5 Å². The Bertz CT molecular complexity index is 1470. The lowest BCUT2D eigenvalue weighted by Gasteiger charge is -2.19. The number of hydrazone groups is 1. The Labute approximate surface area is 197 Å². The Kier molecular flexibility index (Phi) is 5.87. The maximum atomic E-state index is 13.1. The quantitative estimate of drug-likeness (QED) is 0.304. The summed E-state index contributed by atoms with van der Waals surface area (Å²) in [5.41, 5.74) is 5.58. The molecular weight excluding hydrogens is 428 g/mol. The van der Waals surface area contributed by atoms with E-state index in [4.69, 9.17) is 0 Å². The predicted molar refractivity (Wildman–Crippen MR) is 135 cm³/mol. The zero-order valence-corrected chi connectivity index (χ0v) is 19.9. The summed E-state index contributed by atoms with van der Waals surface area (Å²) in [7, 11) is 0. The molecule has 0 saturated carbocycles. The van der Waals surface area contributed by atoms with E-state index in [9.17, 15) is 14.7 Å². The summed E-state index contributed by atoms with van der Waals surface area (Å²) < 4.78 is 1.47. The number of H-pyrrole nitrogens is 1. The molecule has 0 bridgehead atoms. The van der Waals surface area contributed by atoms with Gasteiger partial charge in [0.2, 0.25) is 0 Å². The van der Waals surface area contributed by atoms with Crippen LogP contribution in [0.5, 0.6) is 5.75 Å². The Balaban J connectivity index is 1.60. The smallest absolute Gasteiger partial charge is 0.280 e. The number of phenols is 1. The standard InChI is InChI=1S/C27H28N4O3/c1-16(28-29-25(33)22-14-18-8-6-7-9-19(18)15-23(22)32)24-17(2)30-31(26(24)34)21-12-10-20(11-13-21)27(3,4)5/h6-15,30,32H,1-5H3,(H,29,33)/b28-16-. The number of hydrogen-bond donors (Lipinski definition) is 3. The number of fused-ring (bicyclic) bond motifs is 1. The van der Waals surface area contributed by atoms with Crippen LogP contribution in [0.25, 0.3) is 16.5 Å². The van der Waals surface area contributed by atoms with Gasteiger partial charge >= 0.3 is 0 Å². The average Bonchev–Trinajstić information content (AvgIpc) is 3.10. The normalized spacial score (nSPS) is 12.2. The number of rotatable bonds is 4. The minimum absolute atomic E-state index is 0.0151. The number of aromatic nitrogens is 2. The fourth-order valence-electron chi connectivity index (χ4n) is 3.93. The minimum atomic E-state index is -0.561. The van der Waals surface area contributed by atoms with Gasteiger partial charge in [0.15, 0.2) is 0 Å². The molecule has 0 atom stereocenters. The molecule has 7 nitrogen and oxygen atoms in total. The number of aryl methyl sites for hydroxylation is 1. The van der Waals surface area contributed by atoms with Gasteiger partial charge in [0.25, 0.3) is 11.5 Å². The van der Waals surface area contributed by atoms with Gasteiger partial charge in [-0.2, -0.15) is 5.10 Å². The van der Waals surface area contributed by atoms with Crippen molar-refractivity contribution in [3.63, 3.8) is 0 Å². The Morgan fingerprint density at radius 1 is 1.03 bits per heavy atom. The van der Waals surface area contributed by atoms with E-state index in [-0.39, 0.29) is 22.3 Å². The molecule has 174 valence electrons. The van der Waals surface area contributed by atoms with Crippen molar-refractivity contribution in [3.8, 4) is 11.4 Å². The third kappa shape index (κ3) is 4.37. The first kappa shape index (κ1) is 23.0. The van der Waals surface area contributed by atoms with E-state index >= 15 is 0 Å². The Morgan fingerprint density at radius 2 is 1.65 bits per heavy atom. The lowest BCUT2D eigenvalue weighted by Crippen LogP contribution is -2.23. The molecule has 0 unspecified atom stereocenters. The van der Waals surface area contributed by atoms with Crippen LogP contribution in [0.2, 0.25) is 0 Å². The molecule has 4 rings (SSSR count). The first-order chi connectivity index (χ1) is 16.1. The summed E-state index contributed by atoms with van der Waals surface area (Å²) in [6.07, 6.45) is 0. The second-order valence-corrected chi connectivity index (χ2v) is 9.40. The zero-order chi connectivity index (χ0) is 24.6. The monoisotopic (exact) mass is 456 g/mol. The Hall–Kier alpha value is -4.13. The molecule has 0 radical (unpaired) electrons. The average molecular weight is 457 g/mol. The molecule has 0 aliphatic carbocycles. The summed E-state index contributed by atoms with van der Waals surface area (Å²) in [5, 5.41) is 19.2. The van der Waals surface area contributed by atoms with E-state index in [1.54, 1.807) is 26.0 Å². The molecule has 3 N–H and O–H groups in total. The van der Waals surface area contributed by atoms with Crippen molar-refractivity contribution in [2.24, 2.45) is 5.10 Å². The van der Waals surface area contributed by atoms with Crippen molar-refractivity contribution in [1.29, 1.82) is 0 Å². The first-order valence-electron chi connectivity index (χ1n) is 11.1. The second kappa shape index (κ2) is 8.67. The SMILES string of the molecule is C/C(=N/NC(=O)c1cc2ccccc2cc1O)c1c(C)[nH]n(-c2ccc(C(C)(C)C)cc2)c1=O. The van der Waals surface area contributed by atoms with Crippen LogP contribution in [0.1, 0.15) is 54.9 Å². The van der Waals surface area contributed by atoms with Crippen LogP contribution in [-0.4, -0.2) is 26.5 Å². The van der Waals surface area contributed by atoms with E-state index in [1.165, 1.54) is 10.2 Å². The van der Waals surface area contributed by atoms with E-state index in [1.807, 2.05) is 48.5 Å². The molecule has 0 aliphatic heterocycles. The Morgan fingerprint density at radius 3 is 2.26 bits per heavy atom. The predicted octanol–water partition coefficient (Wildman–Crippen LogP) is 4.78. The van der Waals surface area contributed by atoms with Crippen LogP contribution in [0, 0.1) is 6.92 Å². The van der Waals surface area contributed by atoms with Gasteiger partial charge < -0.3 is 5.11 Å². The van der Waals surface area contributed by atoms with Crippen LogP contribution in [0.4, 0.5) is 0 Å². The molecule has 34 heavy (non-hydrogen) atoms. The maximum Gasteiger partial charge on any atom is 0.280 e. The summed E-state index contributed by atoms with van der Waals surface area (Å²) >= 11 is 0. The van der Waals surface area contributed by atoms with Gasteiger partial charge in [-0.25, -0.2) is 10.1 Å². The summed E-state index contributed by atoms with van der Waals surface area (Å²) in [4.78, 5) is 25.8. The van der Waals surface area contributed by atoms with Crippen LogP contribution in [0.3, 0.4) is 0 Å². The number of nitrogens with one attached hydrogen (secondary N) is 2. The van der Waals surface area contributed by atoms with Gasteiger partial charge in [-0.3, -0.25) is 14.7 Å². The number of phenolic OH excluding ortho intramolecular Hbond substituents is 1. The number of aromatic hydroxyl groups is 1. The largest absolute Gasteiger partial charge is 0.507 e. The minimum Gasteiger partial charge on any atom is -0.507 e. The molecule has 0 fully saturated rings. The maximum absolute atomic E-state index is 13.1. The number of aromatic amines is 1. The van der Waals surface area contributed by atoms with Gasteiger partial charge in [0.1, 0.15) is 5.75 Å². The molecule has 0 spiro atoms. The van der Waals surface area contributed by atoms with E-state index in [2.05, 4.69) is 36.4 Å². The van der Waals surface area contributed by atoms with Crippen molar-refractivity contribution in [2.45, 2.75) is 40.0 Å². The second-order valence-electron chi connectivity index (χ2n) is 9.40. The van der Waals surface area contributed by atoms with Crippen molar-refractivity contribution in [1.82, 2.24) is 15.2 Å². The summed E-state index contributed by atoms with van der Waals surface area (Å²) in [6.45, 7) is 9.85. The number of benzene rings is 3. The summed E-state index contributed by atoms with van der Waals surface area (Å²) in [5.74, 6) is -0.697. The molecular formula is C27H28N4O3. The van der Waals surface area contributed by atoms with Crippen molar-refractivity contribution >= 4 is 22.4 Å². The van der Waals surface area contributed by atoms with Crippen LogP contribution in [0.15, 0.2) is 70.6 Å². The van der Waals surface area contributed by atoms with Crippen LogP contribution < -0.4 is 11.0 Å². The van der Waals surface area contributed by atoms with E-state index < -0.39 is 5.91 Å². The third-order valence-corrected chi connectivity index (χ3v) is 5.86. The van der Waals surface area contributed by atoms with Crippen LogP contribution >= 0.6 is 0 Å². The third-order valence-electron chi connectivity index (χ3n) is 5.86. The van der Waals surface area contributed by atoms with Gasteiger partial charge in [-0.1, -0.05) is 57.2 Å². The molecule has 3 aromatic carbocycles. The van der Waals surface area contributed by atoms with Crippen molar-refractivity contribution in [2.75, 3.05) is 0 Å². The molecule has 7 heteroatoms. The highest BCUT2D eigenvalue weighted by molar-refractivity contribution is 6.04. The number of carbonyl (C=O) groups is 1. The van der Waals surface area contributed by atoms with Gasteiger partial charge in [-0.15, -0.1) is 0 Å². The summed E-state index contributed by atoms with van der Waals surface area (Å²) in [6, 6.07) is 18.4. The van der Waals surface area contributed by atoms with Gasteiger partial charge in [0, 0.05) is 5.69 Å². The lowest BCUT2D eigenvalue weighted by molar-refractivity contribution is 0.0952. The number of carbonyl (C=O) groups excluding carboxylic acids is 1. The zero-order valence-electron chi connectivity index (χ0n) is 19.9. The van der Waals surface area contributed by atoms with Crippen molar-refractivity contribution in [3.05, 3.63) is 93.4 Å². The molecule has 4 aromatic rings. The fourth-order valence-corrected chi connectivity index (χ4v) is 3.93. The molecule has 1 aromatic heterocycles. The highest BCUT2D eigenvalue weighted by Crippen LogP contribution is 2.25. The first-order valence-corrected chi connectivity index (χ1v) is 11.1. The highest BCUT2D eigenvalue weighted by atomic mass is 16.3. The molecule has 0 saturated heterocycles. The number of nitrogens with zero attached hydrogens (tertiary/aromatic N) is 2. The topological polar surface area (TPSA) is 99.5 Å². The number of amides is 1. The van der Waals surface area contributed by atoms with E-state index in [0.29, 0.717) is 22.7 Å². The van der Waals surface area contributed by atoms with Gasteiger partial charge in [-0.05, 0) is 59.9 Å². The highest BCUT2D eigenvalue weighted by Gasteiger charge is 2.18. The van der Waals surface area contributed by atoms with Crippen molar-refractivity contribution < 1.29 is 9.90 Å². The molecule has 1 heterocycles. The fraction of sp³-hybridized carbons (Fsp3) is 0.222. The van der Waals surface area contributed by atoms with Crippen LogP contribution in [-0.2, 0) is 5.41 Å². The lowest BCUT2D eigenvalue weighted by atomic mass is 9.87. The number of hydrogen-bond acceptors (Lipinski definition) is 4. The molecule has 0 aliphatic rings.